The zero-order chi connectivity index (χ0) is 17.3. The van der Waals surface area contributed by atoms with Gasteiger partial charge in [0.15, 0.2) is 5.13 Å². The number of hydrogen-bond acceptors (Lipinski definition) is 6. The predicted molar refractivity (Wildman–Crippen MR) is 92.3 cm³/mol. The minimum absolute atomic E-state index is 0.174. The van der Waals surface area contributed by atoms with E-state index in [4.69, 9.17) is 0 Å². The highest BCUT2D eigenvalue weighted by molar-refractivity contribution is 7.91. The Morgan fingerprint density at radius 1 is 1.38 bits per heavy atom. The van der Waals surface area contributed by atoms with Crippen molar-refractivity contribution in [1.29, 1.82) is 0 Å². The number of aromatic nitrogens is 1. The van der Waals surface area contributed by atoms with E-state index in [2.05, 4.69) is 10.3 Å². The van der Waals surface area contributed by atoms with Crippen molar-refractivity contribution < 1.29 is 17.6 Å². The van der Waals surface area contributed by atoms with Gasteiger partial charge < -0.3 is 5.32 Å². The van der Waals surface area contributed by atoms with Crippen LogP contribution in [0.4, 0.5) is 9.52 Å². The van der Waals surface area contributed by atoms with Gasteiger partial charge in [-0.1, -0.05) is 17.4 Å². The Bertz CT molecular complexity index is 983. The van der Waals surface area contributed by atoms with E-state index < -0.39 is 15.9 Å². The van der Waals surface area contributed by atoms with Gasteiger partial charge >= 0.3 is 0 Å². The Balaban J connectivity index is 1.70. The second-order valence-corrected chi connectivity index (χ2v) is 9.12. The lowest BCUT2D eigenvalue weighted by Gasteiger charge is -2.14. The van der Waals surface area contributed by atoms with Gasteiger partial charge in [-0.25, -0.2) is 17.8 Å². The first-order valence-electron chi connectivity index (χ1n) is 6.72. The van der Waals surface area contributed by atoms with E-state index in [-0.39, 0.29) is 16.6 Å². The van der Waals surface area contributed by atoms with Crippen LogP contribution in [0.15, 0.2) is 39.9 Å². The molecule has 3 aromatic rings. The van der Waals surface area contributed by atoms with Gasteiger partial charge in [-0.05, 0) is 29.6 Å². The number of rotatable bonds is 5. The van der Waals surface area contributed by atoms with Crippen LogP contribution in [0.1, 0.15) is 0 Å². The summed E-state index contributed by atoms with van der Waals surface area (Å²) < 4.78 is 39.4. The standard InChI is InChI=1S/C14H12FN3O3S3/c1-18(24(20,21)13-3-2-6-22-13)8-12(19)17-14-16-10-5-4-9(15)7-11(10)23-14/h2-7H,8H2,1H3,(H,16,17,19). The van der Waals surface area contributed by atoms with Gasteiger partial charge in [-0.3, -0.25) is 4.79 Å². The molecule has 0 aliphatic heterocycles. The first-order valence-corrected chi connectivity index (χ1v) is 9.86. The number of halogens is 1. The molecule has 0 unspecified atom stereocenters. The van der Waals surface area contributed by atoms with Crippen molar-refractivity contribution in [2.45, 2.75) is 4.21 Å². The lowest BCUT2D eigenvalue weighted by molar-refractivity contribution is -0.116. The Kier molecular flexibility index (Phi) is 4.63. The molecule has 1 amide bonds. The molecule has 6 nitrogen and oxygen atoms in total. The van der Waals surface area contributed by atoms with Gasteiger partial charge in [-0.15, -0.1) is 11.3 Å². The van der Waals surface area contributed by atoms with Crippen molar-refractivity contribution in [2.24, 2.45) is 0 Å². The number of fused-ring (bicyclic) bond motifs is 1. The first kappa shape index (κ1) is 17.0. The van der Waals surface area contributed by atoms with Gasteiger partial charge in [0.1, 0.15) is 10.0 Å². The number of likely N-dealkylation sites (N-methyl/N-ethyl adjacent to an activating group) is 1. The summed E-state index contributed by atoms with van der Waals surface area (Å²) in [7, 11) is -2.35. The summed E-state index contributed by atoms with van der Waals surface area (Å²) in [5.74, 6) is -0.900. The minimum Gasteiger partial charge on any atom is -0.301 e. The average Bonchev–Trinajstić information content (AvgIpc) is 3.15. The Hall–Kier alpha value is -1.88. The molecule has 0 radical (unpaired) electrons. The molecule has 3 rings (SSSR count). The highest BCUT2D eigenvalue weighted by Crippen LogP contribution is 2.26. The maximum absolute atomic E-state index is 13.2. The van der Waals surface area contributed by atoms with Crippen molar-refractivity contribution in [2.75, 3.05) is 18.9 Å². The van der Waals surface area contributed by atoms with Crippen molar-refractivity contribution >= 4 is 54.0 Å². The summed E-state index contributed by atoms with van der Waals surface area (Å²) in [6.07, 6.45) is 0. The number of nitrogens with one attached hydrogen (secondary N) is 1. The number of benzene rings is 1. The zero-order valence-electron chi connectivity index (χ0n) is 12.4. The van der Waals surface area contributed by atoms with Gasteiger partial charge in [0.25, 0.3) is 10.0 Å². The van der Waals surface area contributed by atoms with E-state index in [1.807, 2.05) is 0 Å². The highest BCUT2D eigenvalue weighted by atomic mass is 32.2. The third kappa shape index (κ3) is 3.46. The lowest BCUT2D eigenvalue weighted by atomic mass is 10.3. The van der Waals surface area contributed by atoms with Gasteiger partial charge in [0.05, 0.1) is 16.8 Å². The minimum atomic E-state index is -3.69. The summed E-state index contributed by atoms with van der Waals surface area (Å²) in [5.41, 5.74) is 0.566. The van der Waals surface area contributed by atoms with E-state index >= 15 is 0 Å². The maximum Gasteiger partial charge on any atom is 0.252 e. The van der Waals surface area contributed by atoms with Crippen LogP contribution < -0.4 is 5.32 Å². The van der Waals surface area contributed by atoms with E-state index in [0.717, 1.165) is 27.0 Å². The first-order chi connectivity index (χ1) is 11.4. The molecule has 1 N–H and O–H groups in total. The SMILES string of the molecule is CN(CC(=O)Nc1nc2ccc(F)cc2s1)S(=O)(=O)c1cccs1. The molecule has 0 saturated carbocycles. The van der Waals surface area contributed by atoms with Gasteiger partial charge in [0.2, 0.25) is 5.91 Å². The second-order valence-electron chi connectivity index (χ2n) is 4.87. The van der Waals surface area contributed by atoms with Crippen LogP contribution in [0.25, 0.3) is 10.2 Å². The van der Waals surface area contributed by atoms with Crippen molar-refractivity contribution in [3.05, 3.63) is 41.5 Å². The fourth-order valence-electron chi connectivity index (χ4n) is 1.96. The Morgan fingerprint density at radius 3 is 2.88 bits per heavy atom. The van der Waals surface area contributed by atoms with E-state index in [1.165, 1.54) is 31.3 Å². The molecule has 24 heavy (non-hydrogen) atoms. The quantitative estimate of drug-likeness (QED) is 0.732. The molecule has 0 fully saturated rings. The van der Waals surface area contributed by atoms with Crippen molar-refractivity contribution in [3.8, 4) is 0 Å². The fraction of sp³-hybridized carbons (Fsp3) is 0.143. The van der Waals surface area contributed by atoms with Crippen molar-refractivity contribution in [3.63, 3.8) is 0 Å². The fourth-order valence-corrected chi connectivity index (χ4v) is 5.20. The number of nitrogens with zero attached hydrogens (tertiary/aromatic N) is 2. The number of sulfonamides is 1. The third-order valence-corrected chi connectivity index (χ3v) is 7.23. The van der Waals surface area contributed by atoms with Crippen LogP contribution in [0.2, 0.25) is 0 Å². The highest BCUT2D eigenvalue weighted by Gasteiger charge is 2.24. The largest absolute Gasteiger partial charge is 0.301 e. The van der Waals surface area contributed by atoms with Gasteiger partial charge in [-0.2, -0.15) is 4.31 Å². The Labute approximate surface area is 145 Å². The molecule has 10 heteroatoms. The number of thiazole rings is 1. The monoisotopic (exact) mass is 385 g/mol. The smallest absolute Gasteiger partial charge is 0.252 e. The molecule has 0 bridgehead atoms. The molecule has 0 aliphatic carbocycles. The number of amides is 1. The average molecular weight is 385 g/mol. The second kappa shape index (κ2) is 6.55. The molecule has 0 spiro atoms. The van der Waals surface area contributed by atoms with E-state index in [0.29, 0.717) is 15.3 Å². The summed E-state index contributed by atoms with van der Waals surface area (Å²) in [5, 5.41) is 4.49. The van der Waals surface area contributed by atoms with Crippen LogP contribution >= 0.6 is 22.7 Å². The van der Waals surface area contributed by atoms with Crippen molar-refractivity contribution in [1.82, 2.24) is 9.29 Å². The summed E-state index contributed by atoms with van der Waals surface area (Å²) in [4.78, 5) is 16.2. The molecule has 0 aliphatic rings. The summed E-state index contributed by atoms with van der Waals surface area (Å²) >= 11 is 2.21. The van der Waals surface area contributed by atoms with E-state index in [1.54, 1.807) is 11.4 Å². The maximum atomic E-state index is 13.2. The third-order valence-electron chi connectivity index (χ3n) is 3.12. The summed E-state index contributed by atoms with van der Waals surface area (Å²) in [6, 6.07) is 7.25. The van der Waals surface area contributed by atoms with Crippen LogP contribution in [0, 0.1) is 5.82 Å². The molecule has 0 saturated heterocycles. The zero-order valence-corrected chi connectivity index (χ0v) is 14.8. The molecular formula is C14H12FN3O3S3. The molecule has 0 atom stereocenters. The Morgan fingerprint density at radius 2 is 2.17 bits per heavy atom. The summed E-state index contributed by atoms with van der Waals surface area (Å²) in [6.45, 7) is -0.343. The van der Waals surface area contributed by atoms with E-state index in [9.17, 15) is 17.6 Å². The number of carbonyl (C=O) groups excluding carboxylic acids is 1. The molecular weight excluding hydrogens is 373 g/mol. The number of hydrogen-bond donors (Lipinski definition) is 1. The topological polar surface area (TPSA) is 79.4 Å². The van der Waals surface area contributed by atoms with Crippen LogP contribution in [0.5, 0.6) is 0 Å². The lowest BCUT2D eigenvalue weighted by Crippen LogP contribution is -2.34. The number of thiophene rings is 1. The molecule has 2 aromatic heterocycles. The number of carbonyl (C=O) groups is 1. The normalized spacial score (nSPS) is 12.0. The predicted octanol–water partition coefficient (Wildman–Crippen LogP) is 2.76. The molecule has 126 valence electrons. The molecule has 1 aromatic carbocycles. The number of anilines is 1. The van der Waals surface area contributed by atoms with Crippen LogP contribution in [-0.2, 0) is 14.8 Å². The van der Waals surface area contributed by atoms with Gasteiger partial charge in [0, 0.05) is 7.05 Å². The van der Waals surface area contributed by atoms with Crippen LogP contribution in [0.3, 0.4) is 0 Å². The van der Waals surface area contributed by atoms with Crippen LogP contribution in [-0.4, -0.2) is 37.2 Å². The molecule has 2 heterocycles.